The quantitative estimate of drug-likeness (QED) is 0.612. The Hall–Kier alpha value is -3.74. The minimum Gasteiger partial charge on any atom is -0.474 e. The highest BCUT2D eigenvalue weighted by molar-refractivity contribution is 5.84. The first-order chi connectivity index (χ1) is 12.5. The summed E-state index contributed by atoms with van der Waals surface area (Å²) in [5, 5.41) is 9.93. The van der Waals surface area contributed by atoms with E-state index >= 15 is 0 Å². The van der Waals surface area contributed by atoms with Crippen LogP contribution in [0.3, 0.4) is 0 Å². The highest BCUT2D eigenvalue weighted by Crippen LogP contribution is 2.28. The zero-order valence-electron chi connectivity index (χ0n) is 13.7. The maximum absolute atomic E-state index is 12.8. The zero-order chi connectivity index (χ0) is 18.3. The Bertz CT molecular complexity index is 1190. The summed E-state index contributed by atoms with van der Waals surface area (Å²) >= 11 is 0. The normalized spacial score (nSPS) is 11.0. The minimum atomic E-state index is -1.31. The van der Waals surface area contributed by atoms with Gasteiger partial charge in [-0.15, -0.1) is 0 Å². The lowest BCUT2D eigenvalue weighted by Crippen LogP contribution is -2.19. The van der Waals surface area contributed by atoms with Crippen molar-refractivity contribution >= 4 is 16.9 Å². The van der Waals surface area contributed by atoms with E-state index < -0.39 is 17.4 Å². The molecule has 0 radical (unpaired) electrons. The molecule has 0 atom stereocenters. The monoisotopic (exact) mass is 347 g/mol. The second kappa shape index (κ2) is 5.96. The molecule has 0 aliphatic carbocycles. The average Bonchev–Trinajstić information content (AvgIpc) is 3.08. The molecule has 0 spiro atoms. The van der Waals surface area contributed by atoms with Crippen LogP contribution in [0.4, 0.5) is 0 Å². The predicted molar refractivity (Wildman–Crippen MR) is 94.5 cm³/mol. The van der Waals surface area contributed by atoms with E-state index in [0.717, 1.165) is 5.56 Å². The summed E-state index contributed by atoms with van der Waals surface area (Å²) < 4.78 is 6.68. The number of hydrogen-bond donors (Lipinski definition) is 1. The summed E-state index contributed by atoms with van der Waals surface area (Å²) in [6.45, 7) is 1.94. The van der Waals surface area contributed by atoms with E-state index in [4.69, 9.17) is 4.42 Å². The summed E-state index contributed by atoms with van der Waals surface area (Å²) in [4.78, 5) is 32.3. The zero-order valence-corrected chi connectivity index (χ0v) is 13.7. The smallest absolute Gasteiger partial charge is 0.392 e. The highest BCUT2D eigenvalue weighted by atomic mass is 16.4. The fourth-order valence-electron chi connectivity index (χ4n) is 2.69. The van der Waals surface area contributed by atoms with E-state index in [1.54, 1.807) is 30.3 Å². The number of rotatable bonds is 3. The van der Waals surface area contributed by atoms with Crippen LogP contribution in [0.25, 0.3) is 28.0 Å². The van der Waals surface area contributed by atoms with Crippen LogP contribution in [0.5, 0.6) is 0 Å². The van der Waals surface area contributed by atoms with Crippen molar-refractivity contribution in [1.82, 2.24) is 14.5 Å². The summed E-state index contributed by atoms with van der Waals surface area (Å²) in [5.74, 6) is -1.47. The van der Waals surface area contributed by atoms with E-state index in [2.05, 4.69) is 9.97 Å². The largest absolute Gasteiger partial charge is 0.474 e. The molecule has 0 aliphatic rings. The van der Waals surface area contributed by atoms with Gasteiger partial charge in [0.25, 0.3) is 5.56 Å². The van der Waals surface area contributed by atoms with Gasteiger partial charge in [0, 0.05) is 23.3 Å². The van der Waals surface area contributed by atoms with Gasteiger partial charge in [-0.1, -0.05) is 35.9 Å². The third-order valence-corrected chi connectivity index (χ3v) is 4.00. The molecular formula is C19H13N3O4. The van der Waals surface area contributed by atoms with Gasteiger partial charge in [0.05, 0.1) is 0 Å². The van der Waals surface area contributed by atoms with Gasteiger partial charge in [0.2, 0.25) is 0 Å². The molecule has 1 N–H and O–H groups in total. The molecule has 0 amide bonds. The molecule has 3 aromatic heterocycles. The molecule has 3 heterocycles. The van der Waals surface area contributed by atoms with E-state index in [-0.39, 0.29) is 17.1 Å². The van der Waals surface area contributed by atoms with Crippen LogP contribution >= 0.6 is 0 Å². The summed E-state index contributed by atoms with van der Waals surface area (Å²) in [7, 11) is 0. The first-order valence-corrected chi connectivity index (χ1v) is 7.82. The van der Waals surface area contributed by atoms with Gasteiger partial charge in [0.1, 0.15) is 5.52 Å². The van der Waals surface area contributed by atoms with Crippen LogP contribution in [-0.2, 0) is 0 Å². The van der Waals surface area contributed by atoms with Crippen LogP contribution in [0.15, 0.2) is 64.1 Å². The second-order valence-corrected chi connectivity index (χ2v) is 5.78. The molecular weight excluding hydrogens is 334 g/mol. The van der Waals surface area contributed by atoms with Gasteiger partial charge >= 0.3 is 11.9 Å². The lowest BCUT2D eigenvalue weighted by molar-refractivity contribution is 0.0654. The third-order valence-electron chi connectivity index (χ3n) is 4.00. The molecule has 0 bridgehead atoms. The van der Waals surface area contributed by atoms with Gasteiger partial charge in [-0.05, 0) is 19.1 Å². The van der Waals surface area contributed by atoms with Crippen molar-refractivity contribution in [3.8, 4) is 17.1 Å². The summed E-state index contributed by atoms with van der Waals surface area (Å²) in [6.07, 6.45) is 3.06. The Morgan fingerprint density at radius 2 is 1.92 bits per heavy atom. The topological polar surface area (TPSA) is 98.2 Å². The standard InChI is InChI=1S/C19H13N3O4/c1-11-4-6-13(7-5-11)15-16(21-17(26-15)19(24)25)22-10-8-12-3-2-9-20-14(12)18(22)23/h2-10H,1H3,(H,24,25). The van der Waals surface area contributed by atoms with Gasteiger partial charge in [-0.2, -0.15) is 4.98 Å². The van der Waals surface area contributed by atoms with Crippen LogP contribution < -0.4 is 5.56 Å². The number of hydrogen-bond acceptors (Lipinski definition) is 5. The predicted octanol–water partition coefficient (Wildman–Crippen LogP) is 3.05. The number of oxazole rings is 1. The molecule has 4 aromatic rings. The number of aromatic nitrogens is 3. The fourth-order valence-corrected chi connectivity index (χ4v) is 2.69. The molecule has 128 valence electrons. The number of benzene rings is 1. The molecule has 7 nitrogen and oxygen atoms in total. The number of carboxylic acid groups (broad SMARTS) is 1. The van der Waals surface area contributed by atoms with Crippen molar-refractivity contribution in [1.29, 1.82) is 0 Å². The minimum absolute atomic E-state index is 0.115. The molecule has 7 heteroatoms. The average molecular weight is 347 g/mol. The van der Waals surface area contributed by atoms with Gasteiger partial charge in [-0.25, -0.2) is 4.79 Å². The highest BCUT2D eigenvalue weighted by Gasteiger charge is 2.22. The van der Waals surface area contributed by atoms with Crippen molar-refractivity contribution in [3.63, 3.8) is 0 Å². The lowest BCUT2D eigenvalue weighted by Gasteiger charge is -2.06. The summed E-state index contributed by atoms with van der Waals surface area (Å²) in [5.41, 5.74) is 1.53. The number of carbonyl (C=O) groups is 1. The number of aryl methyl sites for hydroxylation is 1. The number of aromatic carboxylic acids is 1. The van der Waals surface area contributed by atoms with E-state index in [0.29, 0.717) is 10.9 Å². The SMILES string of the molecule is Cc1ccc(-c2oc(C(=O)O)nc2-n2ccc3cccnc3c2=O)cc1. The Morgan fingerprint density at radius 1 is 1.15 bits per heavy atom. The first kappa shape index (κ1) is 15.8. The molecule has 0 aliphatic heterocycles. The lowest BCUT2D eigenvalue weighted by atomic mass is 10.1. The van der Waals surface area contributed by atoms with Crippen molar-refractivity contribution in [2.75, 3.05) is 0 Å². The number of fused-ring (bicyclic) bond motifs is 1. The summed E-state index contributed by atoms with van der Waals surface area (Å²) in [6, 6.07) is 12.5. The van der Waals surface area contributed by atoms with Crippen LogP contribution in [-0.4, -0.2) is 25.6 Å². The first-order valence-electron chi connectivity index (χ1n) is 7.82. The Kier molecular flexibility index (Phi) is 3.62. The third kappa shape index (κ3) is 2.55. The van der Waals surface area contributed by atoms with Gasteiger partial charge in [0.15, 0.2) is 11.6 Å². The molecule has 1 aromatic carbocycles. The number of carboxylic acids is 1. The number of nitrogens with zero attached hydrogens (tertiary/aromatic N) is 3. The van der Waals surface area contributed by atoms with E-state index in [9.17, 15) is 14.7 Å². The molecule has 0 saturated heterocycles. The Balaban J connectivity index is 1.99. The maximum Gasteiger partial charge on any atom is 0.392 e. The van der Waals surface area contributed by atoms with Crippen LogP contribution in [0.1, 0.15) is 16.2 Å². The van der Waals surface area contributed by atoms with Crippen molar-refractivity contribution in [2.45, 2.75) is 6.92 Å². The van der Waals surface area contributed by atoms with Crippen molar-refractivity contribution < 1.29 is 14.3 Å². The molecule has 4 rings (SSSR count). The molecule has 26 heavy (non-hydrogen) atoms. The maximum atomic E-state index is 12.8. The fraction of sp³-hybridized carbons (Fsp3) is 0.0526. The molecule has 0 unspecified atom stereocenters. The van der Waals surface area contributed by atoms with Crippen LogP contribution in [0, 0.1) is 6.92 Å². The van der Waals surface area contributed by atoms with Crippen LogP contribution in [0.2, 0.25) is 0 Å². The van der Waals surface area contributed by atoms with Crippen molar-refractivity contribution in [3.05, 3.63) is 76.7 Å². The van der Waals surface area contributed by atoms with Crippen molar-refractivity contribution in [2.24, 2.45) is 0 Å². The Morgan fingerprint density at radius 3 is 2.65 bits per heavy atom. The Labute approximate surface area is 147 Å². The van der Waals surface area contributed by atoms with Gasteiger partial charge in [-0.3, -0.25) is 14.3 Å². The second-order valence-electron chi connectivity index (χ2n) is 5.78. The van der Waals surface area contributed by atoms with Gasteiger partial charge < -0.3 is 9.52 Å². The van der Waals surface area contributed by atoms with E-state index in [1.165, 1.54) is 17.0 Å². The van der Waals surface area contributed by atoms with E-state index in [1.807, 2.05) is 19.1 Å². The molecule has 0 saturated carbocycles. The number of pyridine rings is 2. The molecule has 0 fully saturated rings.